The van der Waals surface area contributed by atoms with Crippen molar-refractivity contribution in [2.75, 3.05) is 23.5 Å². The molecule has 0 saturated heterocycles. The van der Waals surface area contributed by atoms with Gasteiger partial charge in [0.1, 0.15) is 5.82 Å². The van der Waals surface area contributed by atoms with Gasteiger partial charge in [0.25, 0.3) is 0 Å². The van der Waals surface area contributed by atoms with E-state index < -0.39 is 0 Å². The first-order valence-corrected chi connectivity index (χ1v) is 8.86. The number of benzene rings is 1. The van der Waals surface area contributed by atoms with Gasteiger partial charge in [-0.25, -0.2) is 9.47 Å². The van der Waals surface area contributed by atoms with Crippen molar-refractivity contribution in [1.29, 1.82) is 0 Å². The molecule has 2 rings (SSSR count). The zero-order valence-corrected chi connectivity index (χ0v) is 15.0. The Morgan fingerprint density at radius 1 is 1.28 bits per heavy atom. The molecule has 2 aromatic rings. The average Bonchev–Trinajstić information content (AvgIpc) is 2.92. The number of unbranched alkanes of at least 4 members (excludes halogenated alkanes) is 1. The summed E-state index contributed by atoms with van der Waals surface area (Å²) in [7, 11) is 0. The van der Waals surface area contributed by atoms with Crippen LogP contribution in [-0.4, -0.2) is 39.1 Å². The van der Waals surface area contributed by atoms with Crippen LogP contribution in [0.3, 0.4) is 0 Å². The van der Waals surface area contributed by atoms with Crippen LogP contribution in [0.15, 0.2) is 29.4 Å². The highest BCUT2D eigenvalue weighted by Gasteiger charge is 2.11. The molecule has 1 aromatic heterocycles. The number of hydrogen-bond donors (Lipinski definition) is 2. The molecule has 0 aliphatic rings. The van der Waals surface area contributed by atoms with Crippen LogP contribution in [0.5, 0.6) is 0 Å². The third-order valence-corrected chi connectivity index (χ3v) is 4.25. The van der Waals surface area contributed by atoms with Crippen molar-refractivity contribution >= 4 is 29.3 Å². The summed E-state index contributed by atoms with van der Waals surface area (Å²) in [6.45, 7) is 4.17. The van der Waals surface area contributed by atoms with Crippen molar-refractivity contribution in [3.8, 4) is 0 Å². The summed E-state index contributed by atoms with van der Waals surface area (Å²) < 4.78 is 6.46. The Balaban J connectivity index is 1.82. The van der Waals surface area contributed by atoms with Gasteiger partial charge >= 0.3 is 5.97 Å². The van der Waals surface area contributed by atoms with Crippen LogP contribution in [0.1, 0.15) is 35.9 Å². The van der Waals surface area contributed by atoms with E-state index in [0.29, 0.717) is 28.8 Å². The molecule has 0 atom stereocenters. The minimum atomic E-state index is -0.362. The summed E-state index contributed by atoms with van der Waals surface area (Å²) in [4.78, 5) is 23.8. The number of nitrogens with two attached hydrogens (primary N) is 1. The number of hydrogen-bond acceptors (Lipinski definition) is 7. The number of aryl methyl sites for hydroxylation is 1. The highest BCUT2D eigenvalue weighted by Crippen LogP contribution is 2.16. The van der Waals surface area contributed by atoms with E-state index in [9.17, 15) is 9.59 Å². The molecule has 0 unspecified atom stereocenters. The van der Waals surface area contributed by atoms with Gasteiger partial charge in [-0.1, -0.05) is 25.1 Å². The van der Waals surface area contributed by atoms with Gasteiger partial charge in [-0.3, -0.25) is 4.79 Å². The molecular weight excluding hydrogens is 342 g/mol. The lowest BCUT2D eigenvalue weighted by molar-refractivity contribution is -0.113. The molecule has 0 radical (unpaired) electrons. The number of carbonyl (C=O) groups is 2. The van der Waals surface area contributed by atoms with Crippen molar-refractivity contribution in [3.63, 3.8) is 0 Å². The summed E-state index contributed by atoms with van der Waals surface area (Å²) in [6, 6.07) is 6.57. The first-order chi connectivity index (χ1) is 12.0. The molecule has 0 fully saturated rings. The number of nitrogen functional groups attached to an aromatic ring is 1. The first kappa shape index (κ1) is 18.8. The molecule has 134 valence electrons. The van der Waals surface area contributed by atoms with Gasteiger partial charge in [-0.15, -0.1) is 10.2 Å². The van der Waals surface area contributed by atoms with E-state index in [-0.39, 0.29) is 17.6 Å². The summed E-state index contributed by atoms with van der Waals surface area (Å²) in [6.07, 6.45) is 1.81. The average molecular weight is 363 g/mol. The molecule has 1 aromatic carbocycles. The Hall–Kier alpha value is -2.55. The number of nitrogens with zero attached hydrogens (tertiary/aromatic N) is 3. The number of esters is 1. The molecule has 1 amide bonds. The monoisotopic (exact) mass is 363 g/mol. The Bertz CT molecular complexity index is 730. The molecule has 1 heterocycles. The molecule has 8 nitrogen and oxygen atoms in total. The molecule has 0 bridgehead atoms. The Morgan fingerprint density at radius 2 is 2.00 bits per heavy atom. The van der Waals surface area contributed by atoms with Crippen LogP contribution in [-0.2, 0) is 9.53 Å². The van der Waals surface area contributed by atoms with Gasteiger partial charge in [0.05, 0.1) is 17.9 Å². The predicted octanol–water partition coefficient (Wildman–Crippen LogP) is 1.99. The summed E-state index contributed by atoms with van der Waals surface area (Å²) >= 11 is 1.19. The van der Waals surface area contributed by atoms with E-state index in [1.807, 2.05) is 6.92 Å². The van der Waals surface area contributed by atoms with Gasteiger partial charge < -0.3 is 15.9 Å². The maximum Gasteiger partial charge on any atom is 0.338 e. The minimum absolute atomic E-state index is 0.149. The SMILES string of the molecule is CCCCOC(=O)c1ccc(NC(=O)CSc2nnc(C)n2N)cc1. The number of nitrogens with one attached hydrogen (secondary N) is 1. The highest BCUT2D eigenvalue weighted by molar-refractivity contribution is 7.99. The Morgan fingerprint density at radius 3 is 2.60 bits per heavy atom. The van der Waals surface area contributed by atoms with E-state index in [4.69, 9.17) is 10.6 Å². The summed E-state index contributed by atoms with van der Waals surface area (Å²) in [5.74, 6) is 5.88. The lowest BCUT2D eigenvalue weighted by atomic mass is 10.2. The number of carbonyl (C=O) groups excluding carboxylic acids is 2. The number of aromatic nitrogens is 3. The molecular formula is C16H21N5O3S. The molecule has 0 aliphatic heterocycles. The van der Waals surface area contributed by atoms with Crippen LogP contribution in [0.4, 0.5) is 5.69 Å². The topological polar surface area (TPSA) is 112 Å². The second kappa shape index (κ2) is 9.07. The van der Waals surface area contributed by atoms with E-state index in [0.717, 1.165) is 12.8 Å². The number of amides is 1. The van der Waals surface area contributed by atoms with Crippen molar-refractivity contribution in [2.45, 2.75) is 31.8 Å². The minimum Gasteiger partial charge on any atom is -0.462 e. The van der Waals surface area contributed by atoms with Crippen LogP contribution >= 0.6 is 11.8 Å². The van der Waals surface area contributed by atoms with Crippen LogP contribution in [0.25, 0.3) is 0 Å². The maximum absolute atomic E-state index is 12.0. The fourth-order valence-electron chi connectivity index (χ4n) is 1.86. The molecule has 9 heteroatoms. The second-order valence-corrected chi connectivity index (χ2v) is 6.25. The third kappa shape index (κ3) is 5.49. The van der Waals surface area contributed by atoms with Crippen LogP contribution in [0.2, 0.25) is 0 Å². The van der Waals surface area contributed by atoms with Crippen LogP contribution < -0.4 is 11.2 Å². The largest absolute Gasteiger partial charge is 0.462 e. The zero-order valence-electron chi connectivity index (χ0n) is 14.2. The smallest absolute Gasteiger partial charge is 0.338 e. The maximum atomic E-state index is 12.0. The number of thioether (sulfide) groups is 1. The lowest BCUT2D eigenvalue weighted by Gasteiger charge is -2.07. The van der Waals surface area contributed by atoms with Crippen molar-refractivity contribution < 1.29 is 14.3 Å². The number of anilines is 1. The lowest BCUT2D eigenvalue weighted by Crippen LogP contribution is -2.16. The number of ether oxygens (including phenoxy) is 1. The van der Waals surface area contributed by atoms with Crippen LogP contribution in [0, 0.1) is 6.92 Å². The van der Waals surface area contributed by atoms with Gasteiger partial charge in [-0.2, -0.15) is 0 Å². The molecule has 0 spiro atoms. The Labute approximate surface area is 150 Å². The standard InChI is InChI=1S/C16H21N5O3S/c1-3-4-9-24-15(23)12-5-7-13(8-6-12)18-14(22)10-25-16-20-19-11(2)21(16)17/h5-8H,3-4,9-10,17H2,1-2H3,(H,18,22). The van der Waals surface area contributed by atoms with Crippen molar-refractivity contribution in [1.82, 2.24) is 14.9 Å². The zero-order chi connectivity index (χ0) is 18.2. The van der Waals surface area contributed by atoms with Gasteiger partial charge in [0.2, 0.25) is 11.1 Å². The van der Waals surface area contributed by atoms with Crippen molar-refractivity contribution in [2.24, 2.45) is 0 Å². The van der Waals surface area contributed by atoms with Gasteiger partial charge in [0.15, 0.2) is 0 Å². The highest BCUT2D eigenvalue weighted by atomic mass is 32.2. The molecule has 0 aliphatic carbocycles. The normalized spacial score (nSPS) is 10.5. The second-order valence-electron chi connectivity index (χ2n) is 5.30. The van der Waals surface area contributed by atoms with E-state index in [2.05, 4.69) is 15.5 Å². The fraction of sp³-hybridized carbons (Fsp3) is 0.375. The predicted molar refractivity (Wildman–Crippen MR) is 95.9 cm³/mol. The van der Waals surface area contributed by atoms with Gasteiger partial charge in [0, 0.05) is 5.69 Å². The quantitative estimate of drug-likeness (QED) is 0.319. The molecule has 0 saturated carbocycles. The fourth-order valence-corrected chi connectivity index (χ4v) is 2.56. The third-order valence-electron chi connectivity index (χ3n) is 3.30. The Kier molecular flexibility index (Phi) is 6.81. The van der Waals surface area contributed by atoms with Gasteiger partial charge in [-0.05, 0) is 37.6 Å². The van der Waals surface area contributed by atoms with E-state index in [1.54, 1.807) is 31.2 Å². The summed E-state index contributed by atoms with van der Waals surface area (Å²) in [5.41, 5.74) is 1.05. The summed E-state index contributed by atoms with van der Waals surface area (Å²) in [5, 5.41) is 10.9. The first-order valence-electron chi connectivity index (χ1n) is 7.88. The number of rotatable bonds is 8. The van der Waals surface area contributed by atoms with E-state index in [1.165, 1.54) is 16.4 Å². The van der Waals surface area contributed by atoms with Crippen molar-refractivity contribution in [3.05, 3.63) is 35.7 Å². The van der Waals surface area contributed by atoms with E-state index >= 15 is 0 Å². The molecule has 3 N–H and O–H groups in total. The molecule has 25 heavy (non-hydrogen) atoms.